The summed E-state index contributed by atoms with van der Waals surface area (Å²) in [5.41, 5.74) is 1.75. The minimum Gasteiger partial charge on any atom is -0.497 e. The zero-order valence-corrected chi connectivity index (χ0v) is 13.4. The molecule has 0 bridgehead atoms. The van der Waals surface area contributed by atoms with Gasteiger partial charge in [-0.25, -0.2) is 4.98 Å². The Labute approximate surface area is 129 Å². The van der Waals surface area contributed by atoms with Crippen LogP contribution in [-0.4, -0.2) is 46.9 Å². The number of imidazole rings is 1. The van der Waals surface area contributed by atoms with Crippen LogP contribution in [-0.2, 0) is 17.8 Å². The molecule has 1 aromatic heterocycles. The fraction of sp³-hybridized carbons (Fsp3) is 0.467. The molecule has 0 fully saturated rings. The van der Waals surface area contributed by atoms with Crippen LogP contribution in [0.3, 0.4) is 0 Å². The molecule has 6 heteroatoms. The summed E-state index contributed by atoms with van der Waals surface area (Å²) in [5, 5.41) is 0. The van der Waals surface area contributed by atoms with Crippen molar-refractivity contribution in [2.45, 2.75) is 19.9 Å². The first-order valence-corrected chi connectivity index (χ1v) is 7.47. The number of hydrogen-bond donors (Lipinski definition) is 0. The number of aromatic nitrogens is 2. The number of methoxy groups -OCH3 is 1. The first kappa shape index (κ1) is 15.6. The van der Waals surface area contributed by atoms with E-state index in [0.29, 0.717) is 18.8 Å². The average molecular weight is 310 g/mol. The van der Waals surface area contributed by atoms with Crippen molar-refractivity contribution in [3.05, 3.63) is 24.0 Å². The minimum atomic E-state index is 0.0587. The monoisotopic (exact) mass is 309 g/mol. The molecular weight excluding hydrogens is 290 g/mol. The fourth-order valence-electron chi connectivity index (χ4n) is 2.17. The fourth-order valence-corrected chi connectivity index (χ4v) is 2.34. The number of halogens is 1. The molecule has 2 aromatic rings. The van der Waals surface area contributed by atoms with Gasteiger partial charge in [0.2, 0.25) is 5.91 Å². The van der Waals surface area contributed by atoms with Crippen molar-refractivity contribution in [2.24, 2.45) is 0 Å². The third-order valence-electron chi connectivity index (χ3n) is 3.55. The number of fused-ring (bicyclic) bond motifs is 1. The SMILES string of the molecule is CCN(C)C(=O)Cn1c(CCCl)nc2cc(OC)ccc21. The average Bonchev–Trinajstić information content (AvgIpc) is 2.83. The van der Waals surface area contributed by atoms with Gasteiger partial charge >= 0.3 is 0 Å². The Bertz CT molecular complexity index is 639. The van der Waals surface area contributed by atoms with Crippen LogP contribution in [0.1, 0.15) is 12.7 Å². The van der Waals surface area contributed by atoms with Crippen molar-refractivity contribution in [1.29, 1.82) is 0 Å². The molecule has 0 saturated heterocycles. The maximum absolute atomic E-state index is 12.2. The summed E-state index contributed by atoms with van der Waals surface area (Å²) in [6.45, 7) is 2.91. The van der Waals surface area contributed by atoms with Gasteiger partial charge in [0.05, 0.1) is 18.1 Å². The zero-order chi connectivity index (χ0) is 15.4. The van der Waals surface area contributed by atoms with Gasteiger partial charge in [0.1, 0.15) is 18.1 Å². The highest BCUT2D eigenvalue weighted by atomic mass is 35.5. The van der Waals surface area contributed by atoms with E-state index in [1.807, 2.05) is 29.7 Å². The van der Waals surface area contributed by atoms with Gasteiger partial charge in [0.25, 0.3) is 0 Å². The summed E-state index contributed by atoms with van der Waals surface area (Å²) in [7, 11) is 3.42. The number of likely N-dealkylation sites (N-methyl/N-ethyl adjacent to an activating group) is 1. The van der Waals surface area contributed by atoms with Gasteiger partial charge in [-0.1, -0.05) is 0 Å². The normalized spacial score (nSPS) is 10.9. The van der Waals surface area contributed by atoms with Gasteiger partial charge in [0, 0.05) is 32.0 Å². The zero-order valence-electron chi connectivity index (χ0n) is 12.6. The van der Waals surface area contributed by atoms with Crippen molar-refractivity contribution in [2.75, 3.05) is 26.6 Å². The lowest BCUT2D eigenvalue weighted by atomic mass is 10.3. The molecule has 0 spiro atoms. The third-order valence-corrected chi connectivity index (χ3v) is 3.74. The van der Waals surface area contributed by atoms with Gasteiger partial charge < -0.3 is 14.2 Å². The summed E-state index contributed by atoms with van der Waals surface area (Å²) in [6, 6.07) is 5.68. The van der Waals surface area contributed by atoms with Gasteiger partial charge in [-0.3, -0.25) is 4.79 Å². The van der Waals surface area contributed by atoms with E-state index in [4.69, 9.17) is 16.3 Å². The molecule has 2 rings (SSSR count). The maximum atomic E-state index is 12.2. The van der Waals surface area contributed by atoms with Gasteiger partial charge in [-0.2, -0.15) is 0 Å². The van der Waals surface area contributed by atoms with E-state index in [2.05, 4.69) is 4.98 Å². The van der Waals surface area contributed by atoms with Crippen LogP contribution in [0, 0.1) is 0 Å². The minimum absolute atomic E-state index is 0.0587. The smallest absolute Gasteiger partial charge is 0.242 e. The molecule has 1 aromatic carbocycles. The van der Waals surface area contributed by atoms with E-state index in [0.717, 1.165) is 22.6 Å². The molecule has 0 radical (unpaired) electrons. The Balaban J connectivity index is 2.43. The number of hydrogen-bond acceptors (Lipinski definition) is 3. The van der Waals surface area contributed by atoms with Crippen LogP contribution >= 0.6 is 11.6 Å². The first-order valence-electron chi connectivity index (χ1n) is 6.93. The van der Waals surface area contributed by atoms with Crippen LogP contribution in [0.25, 0.3) is 11.0 Å². The molecule has 0 aliphatic heterocycles. The van der Waals surface area contributed by atoms with E-state index in [9.17, 15) is 4.79 Å². The number of aryl methyl sites for hydroxylation is 1. The molecular formula is C15H20ClN3O2. The number of carbonyl (C=O) groups is 1. The number of carbonyl (C=O) groups excluding carboxylic acids is 1. The molecule has 114 valence electrons. The van der Waals surface area contributed by atoms with Gasteiger partial charge in [0.15, 0.2) is 0 Å². The van der Waals surface area contributed by atoms with Crippen LogP contribution in [0.4, 0.5) is 0 Å². The molecule has 5 nitrogen and oxygen atoms in total. The van der Waals surface area contributed by atoms with Crippen molar-refractivity contribution in [3.8, 4) is 5.75 Å². The Morgan fingerprint density at radius 3 is 2.86 bits per heavy atom. The molecule has 0 saturated carbocycles. The van der Waals surface area contributed by atoms with Crippen molar-refractivity contribution >= 4 is 28.5 Å². The van der Waals surface area contributed by atoms with Crippen LogP contribution in [0.2, 0.25) is 0 Å². The van der Waals surface area contributed by atoms with E-state index in [-0.39, 0.29) is 12.5 Å². The topological polar surface area (TPSA) is 47.4 Å². The van der Waals surface area contributed by atoms with Crippen molar-refractivity contribution in [3.63, 3.8) is 0 Å². The Hall–Kier alpha value is -1.75. The van der Waals surface area contributed by atoms with Crippen LogP contribution < -0.4 is 4.74 Å². The summed E-state index contributed by atoms with van der Waals surface area (Å²) in [5.74, 6) is 2.11. The van der Waals surface area contributed by atoms with Gasteiger partial charge in [-0.15, -0.1) is 11.6 Å². The number of nitrogens with zero attached hydrogens (tertiary/aromatic N) is 3. The number of rotatable bonds is 6. The molecule has 0 aliphatic rings. The van der Waals surface area contributed by atoms with E-state index in [1.54, 1.807) is 19.1 Å². The number of benzene rings is 1. The molecule has 0 atom stereocenters. The van der Waals surface area contributed by atoms with Crippen LogP contribution in [0.5, 0.6) is 5.75 Å². The quantitative estimate of drug-likeness (QED) is 0.769. The summed E-state index contributed by atoms with van der Waals surface area (Å²) >= 11 is 5.85. The third kappa shape index (κ3) is 3.29. The summed E-state index contributed by atoms with van der Waals surface area (Å²) in [6.07, 6.45) is 0.627. The van der Waals surface area contributed by atoms with E-state index in [1.165, 1.54) is 0 Å². The highest BCUT2D eigenvalue weighted by molar-refractivity contribution is 6.17. The van der Waals surface area contributed by atoms with E-state index < -0.39 is 0 Å². The number of ether oxygens (including phenoxy) is 1. The van der Waals surface area contributed by atoms with Gasteiger partial charge in [-0.05, 0) is 19.1 Å². The lowest BCUT2D eigenvalue weighted by Gasteiger charge is -2.16. The summed E-state index contributed by atoms with van der Waals surface area (Å²) < 4.78 is 7.15. The highest BCUT2D eigenvalue weighted by Crippen LogP contribution is 2.22. The number of amides is 1. The second-order valence-corrected chi connectivity index (χ2v) is 5.19. The molecule has 1 heterocycles. The lowest BCUT2D eigenvalue weighted by molar-refractivity contribution is -0.130. The Morgan fingerprint density at radius 2 is 2.24 bits per heavy atom. The van der Waals surface area contributed by atoms with Crippen LogP contribution in [0.15, 0.2) is 18.2 Å². The Kier molecular flexibility index (Phi) is 5.07. The molecule has 0 aliphatic carbocycles. The Morgan fingerprint density at radius 1 is 1.48 bits per heavy atom. The largest absolute Gasteiger partial charge is 0.497 e. The molecule has 0 N–H and O–H groups in total. The maximum Gasteiger partial charge on any atom is 0.242 e. The molecule has 21 heavy (non-hydrogen) atoms. The predicted octanol–water partition coefficient (Wildman–Crippen LogP) is 2.30. The van der Waals surface area contributed by atoms with Crippen molar-refractivity contribution in [1.82, 2.24) is 14.5 Å². The highest BCUT2D eigenvalue weighted by Gasteiger charge is 2.15. The lowest BCUT2D eigenvalue weighted by Crippen LogP contribution is -2.30. The standard InChI is InChI=1S/C15H20ClN3O2/c1-4-18(2)15(20)10-19-13-6-5-11(21-3)9-12(13)17-14(19)7-8-16/h5-6,9H,4,7-8,10H2,1-3H3. The molecule has 1 amide bonds. The number of alkyl halides is 1. The van der Waals surface area contributed by atoms with E-state index >= 15 is 0 Å². The predicted molar refractivity (Wildman–Crippen MR) is 84.0 cm³/mol. The second-order valence-electron chi connectivity index (χ2n) is 4.82. The second kappa shape index (κ2) is 6.80. The van der Waals surface area contributed by atoms with Crippen molar-refractivity contribution < 1.29 is 9.53 Å². The molecule has 0 unspecified atom stereocenters. The summed E-state index contributed by atoms with van der Waals surface area (Å²) in [4.78, 5) is 18.5. The first-order chi connectivity index (χ1) is 10.1.